The molecule has 21 heavy (non-hydrogen) atoms. The maximum Gasteiger partial charge on any atom is 0.170 e. The van der Waals surface area contributed by atoms with Gasteiger partial charge in [0.15, 0.2) is 11.6 Å². The van der Waals surface area contributed by atoms with Crippen LogP contribution in [0.15, 0.2) is 12.3 Å². The summed E-state index contributed by atoms with van der Waals surface area (Å²) in [6.45, 7) is 9.66. The quantitative estimate of drug-likeness (QED) is 0.923. The molecule has 1 unspecified atom stereocenters. The van der Waals surface area contributed by atoms with E-state index >= 15 is 0 Å². The van der Waals surface area contributed by atoms with Crippen LogP contribution in [0, 0.1) is 5.82 Å². The lowest BCUT2D eigenvalue weighted by Gasteiger charge is -2.29. The first kappa shape index (κ1) is 16.2. The van der Waals surface area contributed by atoms with E-state index in [0.717, 1.165) is 26.1 Å². The summed E-state index contributed by atoms with van der Waals surface area (Å²) < 4.78 is 14.8. The van der Waals surface area contributed by atoms with Crippen molar-refractivity contribution < 1.29 is 4.39 Å². The molecular weight excluding hydrogens is 267 g/mol. The van der Waals surface area contributed by atoms with E-state index in [4.69, 9.17) is 0 Å². The lowest BCUT2D eigenvalue weighted by atomic mass is 10.2. The van der Waals surface area contributed by atoms with Crippen LogP contribution >= 0.6 is 0 Å². The number of hydrogen-bond donors (Lipinski definition) is 1. The van der Waals surface area contributed by atoms with Gasteiger partial charge < -0.3 is 15.1 Å². The number of nitrogens with zero attached hydrogens (tertiary/aromatic N) is 3. The molecule has 0 bridgehead atoms. The Bertz CT molecular complexity index is 464. The van der Waals surface area contributed by atoms with Crippen molar-refractivity contribution in [3.63, 3.8) is 0 Å². The lowest BCUT2D eigenvalue weighted by Crippen LogP contribution is -2.39. The molecule has 1 aromatic rings. The van der Waals surface area contributed by atoms with E-state index < -0.39 is 0 Å². The minimum absolute atomic E-state index is 0.179. The molecule has 1 saturated heterocycles. The Morgan fingerprint density at radius 3 is 2.90 bits per heavy atom. The van der Waals surface area contributed by atoms with Gasteiger partial charge in [-0.1, -0.05) is 13.8 Å². The first-order valence-electron chi connectivity index (χ1n) is 7.81. The first-order chi connectivity index (χ1) is 9.99. The van der Waals surface area contributed by atoms with E-state index in [9.17, 15) is 4.39 Å². The molecule has 1 aromatic heterocycles. The second kappa shape index (κ2) is 7.18. The van der Waals surface area contributed by atoms with Crippen molar-refractivity contribution in [3.05, 3.63) is 23.6 Å². The molecule has 0 aromatic carbocycles. The van der Waals surface area contributed by atoms with E-state index in [1.54, 1.807) is 12.3 Å². The maximum atomic E-state index is 14.8. The molecule has 0 aliphatic carbocycles. The minimum Gasteiger partial charge on any atom is -0.350 e. The molecule has 0 spiro atoms. The van der Waals surface area contributed by atoms with Crippen LogP contribution < -0.4 is 10.2 Å². The standard InChI is InChI=1S/C16H27FN4/c1-12(2)19-10-14-6-7-18-16(15(14)17)21-9-5-8-20(4)11-13(21)3/h6-7,12-13,19H,5,8-11H2,1-4H3. The number of rotatable bonds is 4. The van der Waals surface area contributed by atoms with Crippen LogP contribution in [0.2, 0.25) is 0 Å². The van der Waals surface area contributed by atoms with Crippen molar-refractivity contribution in [2.45, 2.75) is 45.8 Å². The lowest BCUT2D eigenvalue weighted by molar-refractivity contribution is 0.336. The highest BCUT2D eigenvalue weighted by Crippen LogP contribution is 2.23. The van der Waals surface area contributed by atoms with Crippen LogP contribution in [0.1, 0.15) is 32.8 Å². The molecule has 0 radical (unpaired) electrons. The number of pyridine rings is 1. The predicted octanol–water partition coefficient (Wildman–Crippen LogP) is 2.25. The van der Waals surface area contributed by atoms with Gasteiger partial charge in [-0.3, -0.25) is 0 Å². The second-order valence-electron chi connectivity index (χ2n) is 6.30. The van der Waals surface area contributed by atoms with E-state index in [2.05, 4.69) is 47.9 Å². The van der Waals surface area contributed by atoms with Crippen LogP contribution in [-0.2, 0) is 6.54 Å². The van der Waals surface area contributed by atoms with Crippen LogP contribution in [0.4, 0.5) is 10.2 Å². The summed E-state index contributed by atoms with van der Waals surface area (Å²) in [5, 5.41) is 3.27. The smallest absolute Gasteiger partial charge is 0.170 e. The molecule has 1 aliphatic heterocycles. The summed E-state index contributed by atoms with van der Waals surface area (Å²) in [5.41, 5.74) is 0.693. The fourth-order valence-corrected chi connectivity index (χ4v) is 2.81. The normalized spacial score (nSPS) is 20.9. The zero-order chi connectivity index (χ0) is 15.4. The van der Waals surface area contributed by atoms with Crippen molar-refractivity contribution >= 4 is 5.82 Å². The third-order valence-electron chi connectivity index (χ3n) is 3.97. The summed E-state index contributed by atoms with van der Waals surface area (Å²) in [6, 6.07) is 2.38. The van der Waals surface area contributed by atoms with Gasteiger partial charge in [-0.05, 0) is 33.0 Å². The van der Waals surface area contributed by atoms with E-state index in [1.807, 2.05) is 0 Å². The maximum absolute atomic E-state index is 14.8. The van der Waals surface area contributed by atoms with Gasteiger partial charge in [-0.25, -0.2) is 9.37 Å². The molecule has 0 saturated carbocycles. The Labute approximate surface area is 127 Å². The Kier molecular flexibility index (Phi) is 5.53. The first-order valence-corrected chi connectivity index (χ1v) is 7.81. The molecule has 1 fully saturated rings. The molecule has 1 N–H and O–H groups in total. The highest BCUT2D eigenvalue weighted by Gasteiger charge is 2.24. The minimum atomic E-state index is -0.179. The molecule has 1 atom stereocenters. The van der Waals surface area contributed by atoms with Crippen molar-refractivity contribution in [1.29, 1.82) is 0 Å². The van der Waals surface area contributed by atoms with Gasteiger partial charge >= 0.3 is 0 Å². The second-order valence-corrected chi connectivity index (χ2v) is 6.30. The Morgan fingerprint density at radius 2 is 2.19 bits per heavy atom. The molecule has 5 heteroatoms. The topological polar surface area (TPSA) is 31.4 Å². The van der Waals surface area contributed by atoms with Gasteiger partial charge in [0.2, 0.25) is 0 Å². The number of likely N-dealkylation sites (N-methyl/N-ethyl adjacent to an activating group) is 1. The number of anilines is 1. The van der Waals surface area contributed by atoms with Crippen molar-refractivity contribution in [1.82, 2.24) is 15.2 Å². The largest absolute Gasteiger partial charge is 0.350 e. The van der Waals surface area contributed by atoms with E-state index in [1.165, 1.54) is 0 Å². The average Bonchev–Trinajstić information content (AvgIpc) is 2.58. The highest BCUT2D eigenvalue weighted by atomic mass is 19.1. The average molecular weight is 294 g/mol. The van der Waals surface area contributed by atoms with Gasteiger partial charge in [-0.15, -0.1) is 0 Å². The summed E-state index contributed by atoms with van der Waals surface area (Å²) in [7, 11) is 2.12. The number of hydrogen-bond acceptors (Lipinski definition) is 4. The summed E-state index contributed by atoms with van der Waals surface area (Å²) >= 11 is 0. The zero-order valence-electron chi connectivity index (χ0n) is 13.6. The Morgan fingerprint density at radius 1 is 1.43 bits per heavy atom. The number of halogens is 1. The van der Waals surface area contributed by atoms with Crippen molar-refractivity contribution in [2.24, 2.45) is 0 Å². The summed E-state index contributed by atoms with van der Waals surface area (Å²) in [5.74, 6) is 0.322. The van der Waals surface area contributed by atoms with E-state index in [-0.39, 0.29) is 11.9 Å². The van der Waals surface area contributed by atoms with Gasteiger partial charge in [0.25, 0.3) is 0 Å². The highest BCUT2D eigenvalue weighted by molar-refractivity contribution is 5.44. The van der Waals surface area contributed by atoms with Crippen LogP contribution in [0.25, 0.3) is 0 Å². The van der Waals surface area contributed by atoms with Crippen molar-refractivity contribution in [2.75, 3.05) is 31.6 Å². The van der Waals surface area contributed by atoms with E-state index in [0.29, 0.717) is 24.0 Å². The summed E-state index contributed by atoms with van der Waals surface area (Å²) in [6.07, 6.45) is 2.76. The molecule has 4 nitrogen and oxygen atoms in total. The van der Waals surface area contributed by atoms with Gasteiger partial charge in [0, 0.05) is 43.5 Å². The predicted molar refractivity (Wildman–Crippen MR) is 85.1 cm³/mol. The van der Waals surface area contributed by atoms with Gasteiger partial charge in [0.05, 0.1) is 0 Å². The van der Waals surface area contributed by atoms with Crippen molar-refractivity contribution in [3.8, 4) is 0 Å². The SMILES string of the molecule is CC(C)NCc1ccnc(N2CCCN(C)CC2C)c1F. The molecule has 118 valence electrons. The summed E-state index contributed by atoms with van der Waals surface area (Å²) in [4.78, 5) is 8.72. The molecule has 0 amide bonds. The van der Waals surface area contributed by atoms with Gasteiger partial charge in [-0.2, -0.15) is 0 Å². The monoisotopic (exact) mass is 294 g/mol. The number of aromatic nitrogens is 1. The number of nitrogens with one attached hydrogen (secondary N) is 1. The van der Waals surface area contributed by atoms with Gasteiger partial charge in [0.1, 0.15) is 0 Å². The third-order valence-corrected chi connectivity index (χ3v) is 3.97. The Balaban J connectivity index is 2.20. The molecular formula is C16H27FN4. The van der Waals surface area contributed by atoms with Crippen LogP contribution in [0.5, 0.6) is 0 Å². The fraction of sp³-hybridized carbons (Fsp3) is 0.688. The van der Waals surface area contributed by atoms with Crippen LogP contribution in [-0.4, -0.2) is 48.6 Å². The van der Waals surface area contributed by atoms with Crippen LogP contribution in [0.3, 0.4) is 0 Å². The molecule has 2 heterocycles. The Hall–Kier alpha value is -1.20. The molecule has 1 aliphatic rings. The zero-order valence-corrected chi connectivity index (χ0v) is 13.6. The fourth-order valence-electron chi connectivity index (χ4n) is 2.81. The third kappa shape index (κ3) is 4.14. The molecule has 2 rings (SSSR count).